The molecule has 0 aliphatic carbocycles. The Morgan fingerprint density at radius 1 is 1.58 bits per heavy atom. The van der Waals surface area contributed by atoms with Gasteiger partial charge in [0.15, 0.2) is 0 Å². The van der Waals surface area contributed by atoms with Gasteiger partial charge in [-0.3, -0.25) is 6.07 Å². The first-order chi connectivity index (χ1) is 5.33. The molecule has 0 aromatic carbocycles. The third kappa shape index (κ3) is 3.77. The van der Waals surface area contributed by atoms with Crippen molar-refractivity contribution in [3.8, 4) is 0 Å². The molecule has 0 radical (unpaired) electrons. The first-order valence-electron chi connectivity index (χ1n) is 3.60. The summed E-state index contributed by atoms with van der Waals surface area (Å²) in [4.78, 5) is 7.99. The number of nitrogens with zero attached hydrogens (tertiary/aromatic N) is 2. The second-order valence-corrected chi connectivity index (χ2v) is 2.22. The zero-order valence-corrected chi connectivity index (χ0v) is 10.1. The quantitative estimate of drug-likeness (QED) is 0.603. The molecular formula is C9H10N2W. The van der Waals surface area contributed by atoms with E-state index in [0.717, 1.165) is 17.7 Å². The summed E-state index contributed by atoms with van der Waals surface area (Å²) in [7, 11) is 0. The van der Waals surface area contributed by atoms with Crippen molar-refractivity contribution in [1.82, 2.24) is 4.98 Å². The van der Waals surface area contributed by atoms with E-state index in [1.807, 2.05) is 13.8 Å². The van der Waals surface area contributed by atoms with Gasteiger partial charge in [-0.1, -0.05) is 26.5 Å². The molecule has 0 unspecified atom stereocenters. The van der Waals surface area contributed by atoms with E-state index in [2.05, 4.69) is 22.3 Å². The fraction of sp³-hybridized carbons (Fsp3) is 0.333. The fourth-order valence-corrected chi connectivity index (χ4v) is 0.707. The van der Waals surface area contributed by atoms with Crippen molar-refractivity contribution in [2.45, 2.75) is 20.3 Å². The van der Waals surface area contributed by atoms with E-state index >= 15 is 0 Å². The van der Waals surface area contributed by atoms with E-state index in [4.69, 9.17) is 0 Å². The molecule has 0 amide bonds. The molecule has 0 aliphatic rings. The average Bonchev–Trinajstić information content (AvgIpc) is 2.01. The molecule has 1 aromatic heterocycles. The van der Waals surface area contributed by atoms with Crippen LogP contribution in [0.1, 0.15) is 18.9 Å². The molecule has 0 fully saturated rings. The second kappa shape index (κ2) is 6.07. The molecule has 62 valence electrons. The normalized spacial score (nSPS) is 9.83. The molecule has 0 saturated heterocycles. The molecule has 3 heteroatoms. The Morgan fingerprint density at radius 3 is 2.92 bits per heavy atom. The van der Waals surface area contributed by atoms with E-state index in [0.29, 0.717) is 0 Å². The Labute approximate surface area is 87.4 Å². The van der Waals surface area contributed by atoms with Gasteiger partial charge >= 0.3 is 21.1 Å². The Morgan fingerprint density at radius 2 is 2.33 bits per heavy atom. The number of rotatable bonds is 2. The minimum atomic E-state index is 0. The van der Waals surface area contributed by atoms with Crippen molar-refractivity contribution in [1.29, 1.82) is 0 Å². The van der Waals surface area contributed by atoms with Gasteiger partial charge in [-0.2, -0.15) is 17.5 Å². The topological polar surface area (TPSA) is 25.2 Å². The summed E-state index contributed by atoms with van der Waals surface area (Å²) < 4.78 is 0. The van der Waals surface area contributed by atoms with Crippen molar-refractivity contribution >= 4 is 11.9 Å². The van der Waals surface area contributed by atoms with Crippen LogP contribution in [0.3, 0.4) is 0 Å². The van der Waals surface area contributed by atoms with E-state index < -0.39 is 0 Å². The molecular weight excluding hydrogens is 320 g/mol. The Kier molecular flexibility index (Phi) is 5.82. The third-order valence-electron chi connectivity index (χ3n) is 1.15. The van der Waals surface area contributed by atoms with Gasteiger partial charge in [0.25, 0.3) is 0 Å². The summed E-state index contributed by atoms with van der Waals surface area (Å²) in [6, 6.07) is 3.05. The monoisotopic (exact) mass is 330 g/mol. The average molecular weight is 330 g/mol. The molecule has 0 bridgehead atoms. The molecule has 0 N–H and O–H groups in total. The number of pyridine rings is 1. The van der Waals surface area contributed by atoms with Gasteiger partial charge < -0.3 is 9.98 Å². The van der Waals surface area contributed by atoms with Crippen LogP contribution in [0.2, 0.25) is 0 Å². The van der Waals surface area contributed by atoms with Crippen LogP contribution in [0.5, 0.6) is 0 Å². The summed E-state index contributed by atoms with van der Waals surface area (Å²) in [5, 5.41) is 0. The van der Waals surface area contributed by atoms with E-state index in [1.165, 1.54) is 0 Å². The second-order valence-electron chi connectivity index (χ2n) is 2.22. The number of aliphatic imine (C=N–C) groups is 1. The fourth-order valence-electron chi connectivity index (χ4n) is 0.707. The van der Waals surface area contributed by atoms with Crippen molar-refractivity contribution in [3.05, 3.63) is 24.0 Å². The molecule has 2 nitrogen and oxygen atoms in total. The molecule has 1 aromatic rings. The van der Waals surface area contributed by atoms with Crippen LogP contribution in [0.15, 0.2) is 17.4 Å². The van der Waals surface area contributed by atoms with Crippen LogP contribution in [0.25, 0.3) is 0 Å². The van der Waals surface area contributed by atoms with Crippen LogP contribution in [-0.2, 0) is 21.1 Å². The van der Waals surface area contributed by atoms with E-state index in [-0.39, 0.29) is 21.1 Å². The SMILES string of the molecule is CC[C-]=Nc1[c-]c(C)cnc1.[W+2]. The summed E-state index contributed by atoms with van der Waals surface area (Å²) >= 11 is 0. The van der Waals surface area contributed by atoms with Gasteiger partial charge in [0.2, 0.25) is 0 Å². The zero-order chi connectivity index (χ0) is 8.10. The third-order valence-corrected chi connectivity index (χ3v) is 1.15. The molecule has 1 rings (SSSR count). The van der Waals surface area contributed by atoms with Crippen molar-refractivity contribution in [3.63, 3.8) is 0 Å². The van der Waals surface area contributed by atoms with Gasteiger partial charge in [0.1, 0.15) is 0 Å². The maximum absolute atomic E-state index is 4.02. The molecule has 12 heavy (non-hydrogen) atoms. The maximum atomic E-state index is 4.02. The number of hydrogen-bond donors (Lipinski definition) is 0. The summed E-state index contributed by atoms with van der Waals surface area (Å²) in [6.45, 7) is 3.94. The Hall–Kier alpha value is -0.492. The minimum absolute atomic E-state index is 0. The smallest absolute Gasteiger partial charge is 0.480 e. The van der Waals surface area contributed by atoms with Crippen LogP contribution in [0, 0.1) is 13.0 Å². The number of aromatic nitrogens is 1. The van der Waals surface area contributed by atoms with Gasteiger partial charge in [-0.25, -0.2) is 0 Å². The first kappa shape index (κ1) is 11.5. The predicted octanol–water partition coefficient (Wildman–Crippen LogP) is 2.18. The standard InChI is InChI=1S/C9H10N2.W/c1-3-4-11-9-5-8(2)6-10-7-9;/h6-7H,3H2,1-2H3;/q-2;+2. The Balaban J connectivity index is 0.00000121. The molecule has 1 heterocycles. The van der Waals surface area contributed by atoms with Crippen molar-refractivity contribution in [2.24, 2.45) is 4.99 Å². The summed E-state index contributed by atoms with van der Waals surface area (Å²) in [6.07, 6.45) is 7.10. The van der Waals surface area contributed by atoms with Crippen molar-refractivity contribution in [2.75, 3.05) is 0 Å². The van der Waals surface area contributed by atoms with Gasteiger partial charge in [0, 0.05) is 0 Å². The minimum Gasteiger partial charge on any atom is -0.480 e. The first-order valence-corrected chi connectivity index (χ1v) is 3.60. The molecule has 0 spiro atoms. The van der Waals surface area contributed by atoms with Crippen LogP contribution >= 0.6 is 0 Å². The Bertz CT molecular complexity index is 258. The summed E-state index contributed by atoms with van der Waals surface area (Å²) in [5.41, 5.74) is 1.76. The summed E-state index contributed by atoms with van der Waals surface area (Å²) in [5.74, 6) is 0. The molecule has 0 saturated carbocycles. The molecule has 0 atom stereocenters. The predicted molar refractivity (Wildman–Crippen MR) is 45.2 cm³/mol. The van der Waals surface area contributed by atoms with Crippen molar-refractivity contribution < 1.29 is 21.1 Å². The maximum Gasteiger partial charge on any atom is 2.00 e. The molecule has 0 aliphatic heterocycles. The largest absolute Gasteiger partial charge is 2.00 e. The van der Waals surface area contributed by atoms with Crippen LogP contribution in [0.4, 0.5) is 5.69 Å². The number of aryl methyl sites for hydroxylation is 1. The van der Waals surface area contributed by atoms with E-state index in [9.17, 15) is 0 Å². The van der Waals surface area contributed by atoms with E-state index in [1.54, 1.807) is 12.4 Å². The number of hydrogen-bond acceptors (Lipinski definition) is 2. The van der Waals surface area contributed by atoms with Gasteiger partial charge in [-0.15, -0.1) is 6.20 Å². The van der Waals surface area contributed by atoms with Gasteiger partial charge in [-0.05, 0) is 0 Å². The van der Waals surface area contributed by atoms with Gasteiger partial charge in [0.05, 0.1) is 0 Å². The zero-order valence-electron chi connectivity index (χ0n) is 7.16. The van der Waals surface area contributed by atoms with Crippen LogP contribution in [-0.4, -0.2) is 11.2 Å². The van der Waals surface area contributed by atoms with Crippen LogP contribution < -0.4 is 0 Å².